The predicted molar refractivity (Wildman–Crippen MR) is 98.5 cm³/mol. The first-order chi connectivity index (χ1) is 12.6. The zero-order valence-corrected chi connectivity index (χ0v) is 14.8. The van der Waals surface area contributed by atoms with E-state index in [4.69, 9.17) is 4.74 Å². The lowest BCUT2D eigenvalue weighted by Crippen LogP contribution is -2.43. The SMILES string of the molecule is CCOC(=O)C(C)N(Cc1ccccc1)C(=O)c1ccc2nc[nH]c2c1. The van der Waals surface area contributed by atoms with E-state index >= 15 is 0 Å². The summed E-state index contributed by atoms with van der Waals surface area (Å²) in [4.78, 5) is 34.1. The zero-order chi connectivity index (χ0) is 18.5. The van der Waals surface area contributed by atoms with E-state index in [1.165, 1.54) is 4.90 Å². The molecule has 1 aromatic heterocycles. The Morgan fingerprint density at radius 3 is 2.69 bits per heavy atom. The lowest BCUT2D eigenvalue weighted by molar-refractivity contribution is -0.148. The third-order valence-corrected chi connectivity index (χ3v) is 4.22. The third kappa shape index (κ3) is 3.74. The van der Waals surface area contributed by atoms with Crippen LogP contribution >= 0.6 is 0 Å². The Labute approximate surface area is 151 Å². The number of nitrogens with zero attached hydrogens (tertiary/aromatic N) is 2. The summed E-state index contributed by atoms with van der Waals surface area (Å²) in [5.74, 6) is -0.648. The highest BCUT2D eigenvalue weighted by Gasteiger charge is 2.28. The number of H-pyrrole nitrogens is 1. The summed E-state index contributed by atoms with van der Waals surface area (Å²) in [6.45, 7) is 4.03. The number of carbonyl (C=O) groups is 2. The van der Waals surface area contributed by atoms with Gasteiger partial charge in [0.25, 0.3) is 5.91 Å². The molecule has 1 atom stereocenters. The molecule has 1 N–H and O–H groups in total. The van der Waals surface area contributed by atoms with E-state index < -0.39 is 12.0 Å². The predicted octanol–water partition coefficient (Wildman–Crippen LogP) is 3.16. The van der Waals surface area contributed by atoms with Crippen molar-refractivity contribution in [3.63, 3.8) is 0 Å². The van der Waals surface area contributed by atoms with Gasteiger partial charge in [0, 0.05) is 12.1 Å². The van der Waals surface area contributed by atoms with E-state index in [9.17, 15) is 9.59 Å². The maximum Gasteiger partial charge on any atom is 0.328 e. The molecule has 0 aliphatic heterocycles. The minimum atomic E-state index is -0.694. The molecule has 1 heterocycles. The molecule has 1 amide bonds. The number of fused-ring (bicyclic) bond motifs is 1. The van der Waals surface area contributed by atoms with Gasteiger partial charge in [-0.25, -0.2) is 9.78 Å². The normalized spacial score (nSPS) is 11.9. The number of rotatable bonds is 6. The average molecular weight is 351 g/mol. The third-order valence-electron chi connectivity index (χ3n) is 4.22. The van der Waals surface area contributed by atoms with Gasteiger partial charge in [-0.2, -0.15) is 0 Å². The van der Waals surface area contributed by atoms with Gasteiger partial charge in [0.15, 0.2) is 0 Å². The topological polar surface area (TPSA) is 75.3 Å². The number of imidazole rings is 1. The molecular weight excluding hydrogens is 330 g/mol. The number of benzene rings is 2. The van der Waals surface area contributed by atoms with Crippen LogP contribution in [0.5, 0.6) is 0 Å². The highest BCUT2D eigenvalue weighted by Crippen LogP contribution is 2.18. The minimum Gasteiger partial charge on any atom is -0.464 e. The minimum absolute atomic E-state index is 0.231. The highest BCUT2D eigenvalue weighted by atomic mass is 16.5. The van der Waals surface area contributed by atoms with Crippen molar-refractivity contribution in [2.45, 2.75) is 26.4 Å². The first-order valence-electron chi connectivity index (χ1n) is 8.54. The van der Waals surface area contributed by atoms with E-state index in [0.29, 0.717) is 12.1 Å². The molecule has 0 spiro atoms. The number of nitrogens with one attached hydrogen (secondary N) is 1. The molecule has 6 nitrogen and oxygen atoms in total. The standard InChI is InChI=1S/C20H21N3O3/c1-3-26-20(25)14(2)23(12-15-7-5-4-6-8-15)19(24)16-9-10-17-18(11-16)22-13-21-17/h4-11,13-14H,3,12H2,1-2H3,(H,21,22). The van der Waals surface area contributed by atoms with Crippen LogP contribution in [-0.2, 0) is 16.1 Å². The summed E-state index contributed by atoms with van der Waals surface area (Å²) in [6.07, 6.45) is 1.59. The van der Waals surface area contributed by atoms with Gasteiger partial charge in [-0.05, 0) is 37.6 Å². The molecule has 0 fully saturated rings. The molecule has 3 rings (SSSR count). The summed E-state index contributed by atoms with van der Waals surface area (Å²) in [5, 5.41) is 0. The second-order valence-corrected chi connectivity index (χ2v) is 5.98. The molecule has 0 saturated carbocycles. The monoisotopic (exact) mass is 351 g/mol. The molecule has 6 heteroatoms. The fourth-order valence-electron chi connectivity index (χ4n) is 2.79. The lowest BCUT2D eigenvalue weighted by Gasteiger charge is -2.28. The first kappa shape index (κ1) is 17.7. The maximum atomic E-state index is 13.1. The van der Waals surface area contributed by atoms with Gasteiger partial charge >= 0.3 is 5.97 Å². The number of ether oxygens (including phenoxy) is 1. The Balaban J connectivity index is 1.92. The number of amides is 1. The Hall–Kier alpha value is -3.15. The molecule has 0 aliphatic carbocycles. The van der Waals surface area contributed by atoms with Gasteiger partial charge in [-0.15, -0.1) is 0 Å². The average Bonchev–Trinajstić information content (AvgIpc) is 3.14. The highest BCUT2D eigenvalue weighted by molar-refractivity contribution is 5.99. The number of hydrogen-bond donors (Lipinski definition) is 1. The molecular formula is C20H21N3O3. The van der Waals surface area contributed by atoms with Crippen LogP contribution in [0.15, 0.2) is 54.9 Å². The van der Waals surface area contributed by atoms with Crippen molar-refractivity contribution in [2.24, 2.45) is 0 Å². The number of aromatic nitrogens is 2. The number of hydrogen-bond acceptors (Lipinski definition) is 4. The molecule has 3 aromatic rings. The van der Waals surface area contributed by atoms with Crippen molar-refractivity contribution in [2.75, 3.05) is 6.61 Å². The Kier molecular flexibility index (Phi) is 5.31. The Morgan fingerprint density at radius 2 is 1.96 bits per heavy atom. The molecule has 2 aromatic carbocycles. The Morgan fingerprint density at radius 1 is 1.19 bits per heavy atom. The fraction of sp³-hybridized carbons (Fsp3) is 0.250. The molecule has 1 unspecified atom stereocenters. The molecule has 134 valence electrons. The molecule has 0 radical (unpaired) electrons. The van der Waals surface area contributed by atoms with Crippen molar-refractivity contribution in [3.8, 4) is 0 Å². The molecule has 0 saturated heterocycles. The number of esters is 1. The van der Waals surface area contributed by atoms with E-state index in [1.807, 2.05) is 30.3 Å². The molecule has 0 bridgehead atoms. The van der Waals surface area contributed by atoms with Gasteiger partial charge in [0.05, 0.1) is 24.0 Å². The second-order valence-electron chi connectivity index (χ2n) is 5.98. The van der Waals surface area contributed by atoms with Crippen molar-refractivity contribution < 1.29 is 14.3 Å². The van der Waals surface area contributed by atoms with Crippen molar-refractivity contribution in [1.82, 2.24) is 14.9 Å². The molecule has 26 heavy (non-hydrogen) atoms. The van der Waals surface area contributed by atoms with Gasteiger partial charge in [-0.3, -0.25) is 4.79 Å². The smallest absolute Gasteiger partial charge is 0.328 e. The van der Waals surface area contributed by atoms with Crippen molar-refractivity contribution in [3.05, 3.63) is 66.0 Å². The summed E-state index contributed by atoms with van der Waals surface area (Å²) < 4.78 is 5.12. The van der Waals surface area contributed by atoms with E-state index in [0.717, 1.165) is 16.6 Å². The van der Waals surface area contributed by atoms with E-state index in [-0.39, 0.29) is 12.5 Å². The van der Waals surface area contributed by atoms with Crippen LogP contribution in [0.25, 0.3) is 11.0 Å². The van der Waals surface area contributed by atoms with Crippen LogP contribution in [0.3, 0.4) is 0 Å². The number of carbonyl (C=O) groups excluding carboxylic acids is 2. The Bertz CT molecular complexity index is 905. The quantitative estimate of drug-likeness (QED) is 0.692. The van der Waals surface area contributed by atoms with Crippen molar-refractivity contribution in [1.29, 1.82) is 0 Å². The van der Waals surface area contributed by atoms with Gasteiger partial charge in [0.1, 0.15) is 6.04 Å². The number of aromatic amines is 1. The summed E-state index contributed by atoms with van der Waals surface area (Å²) in [7, 11) is 0. The van der Waals surface area contributed by atoms with Gasteiger partial charge in [0.2, 0.25) is 0 Å². The second kappa shape index (κ2) is 7.82. The van der Waals surface area contributed by atoms with Crippen LogP contribution < -0.4 is 0 Å². The maximum absolute atomic E-state index is 13.1. The summed E-state index contributed by atoms with van der Waals surface area (Å²) >= 11 is 0. The van der Waals surface area contributed by atoms with Crippen LogP contribution in [0.4, 0.5) is 0 Å². The lowest BCUT2D eigenvalue weighted by atomic mass is 10.1. The van der Waals surface area contributed by atoms with Gasteiger partial charge in [-0.1, -0.05) is 30.3 Å². The van der Waals surface area contributed by atoms with Crippen molar-refractivity contribution >= 4 is 22.9 Å². The fourth-order valence-corrected chi connectivity index (χ4v) is 2.79. The van der Waals surface area contributed by atoms with Crippen LogP contribution in [0, 0.1) is 0 Å². The van der Waals surface area contributed by atoms with E-state index in [2.05, 4.69) is 9.97 Å². The summed E-state index contributed by atoms with van der Waals surface area (Å²) in [6, 6.07) is 14.1. The van der Waals surface area contributed by atoms with E-state index in [1.54, 1.807) is 38.4 Å². The van der Waals surface area contributed by atoms with Crippen LogP contribution in [0.1, 0.15) is 29.8 Å². The molecule has 0 aliphatic rings. The van der Waals surface area contributed by atoms with Gasteiger partial charge < -0.3 is 14.6 Å². The first-order valence-corrected chi connectivity index (χ1v) is 8.54. The van der Waals surface area contributed by atoms with Crippen LogP contribution in [-0.4, -0.2) is 39.4 Å². The summed E-state index contributed by atoms with van der Waals surface area (Å²) in [5.41, 5.74) is 3.00. The largest absolute Gasteiger partial charge is 0.464 e. The van der Waals surface area contributed by atoms with Crippen LogP contribution in [0.2, 0.25) is 0 Å². The zero-order valence-electron chi connectivity index (χ0n) is 14.8.